The molecule has 0 spiro atoms. The second kappa shape index (κ2) is 15.2. The largest absolute Gasteiger partial charge is 0.374 e. The van der Waals surface area contributed by atoms with Crippen molar-refractivity contribution in [2.24, 2.45) is 0 Å². The molecule has 0 aliphatic carbocycles. The zero-order valence-electron chi connectivity index (χ0n) is 24.0. The molecule has 3 aromatic carbocycles. The molecule has 0 aromatic heterocycles. The van der Waals surface area contributed by atoms with Gasteiger partial charge in [-0.1, -0.05) is 113 Å². The molecule has 2 atom stereocenters. The Morgan fingerprint density at radius 1 is 0.750 bits per heavy atom. The van der Waals surface area contributed by atoms with E-state index in [9.17, 15) is 4.39 Å². The Bertz CT molecular complexity index is 1240. The summed E-state index contributed by atoms with van der Waals surface area (Å²) in [6.45, 7) is 4.78. The summed E-state index contributed by atoms with van der Waals surface area (Å²) in [5, 5.41) is 0. The van der Waals surface area contributed by atoms with E-state index < -0.39 is 11.6 Å². The Morgan fingerprint density at radius 2 is 1.40 bits per heavy atom. The van der Waals surface area contributed by atoms with E-state index in [2.05, 4.69) is 13.0 Å². The summed E-state index contributed by atoms with van der Waals surface area (Å²) in [5.74, 6) is -1.67. The highest BCUT2D eigenvalue weighted by atomic mass is 19.2. The minimum Gasteiger partial charge on any atom is -0.374 e. The summed E-state index contributed by atoms with van der Waals surface area (Å²) in [4.78, 5) is 0. The molecule has 1 nitrogen and oxygen atoms in total. The van der Waals surface area contributed by atoms with Crippen LogP contribution in [0.5, 0.6) is 0 Å². The van der Waals surface area contributed by atoms with E-state index in [0.717, 1.165) is 37.7 Å². The predicted molar refractivity (Wildman–Crippen MR) is 160 cm³/mol. The molecular weight excluding hydrogens is 505 g/mol. The van der Waals surface area contributed by atoms with Gasteiger partial charge in [0.15, 0.2) is 11.6 Å². The summed E-state index contributed by atoms with van der Waals surface area (Å²) < 4.78 is 50.9. The van der Waals surface area contributed by atoms with Crippen molar-refractivity contribution in [2.75, 3.05) is 6.61 Å². The predicted octanol–water partition coefficient (Wildman–Crippen LogP) is 11.0. The molecule has 4 heteroatoms. The van der Waals surface area contributed by atoms with Crippen LogP contribution in [0.1, 0.15) is 95.1 Å². The van der Waals surface area contributed by atoms with Crippen molar-refractivity contribution in [2.45, 2.75) is 96.5 Å². The van der Waals surface area contributed by atoms with Gasteiger partial charge < -0.3 is 4.74 Å². The highest BCUT2D eigenvalue weighted by molar-refractivity contribution is 5.71. The smallest absolute Gasteiger partial charge is 0.166 e. The van der Waals surface area contributed by atoms with Crippen LogP contribution in [0.25, 0.3) is 22.3 Å². The lowest BCUT2D eigenvalue weighted by atomic mass is 9.89. The van der Waals surface area contributed by atoms with Gasteiger partial charge in [0.25, 0.3) is 0 Å². The highest BCUT2D eigenvalue weighted by Gasteiger charge is 2.22. The number of ether oxygens (including phenoxy) is 1. The van der Waals surface area contributed by atoms with Crippen LogP contribution in [0, 0.1) is 17.5 Å². The maximum absolute atomic E-state index is 15.1. The molecule has 3 aromatic rings. The van der Waals surface area contributed by atoms with Gasteiger partial charge in [-0.15, -0.1) is 0 Å². The summed E-state index contributed by atoms with van der Waals surface area (Å²) in [6.07, 6.45) is 16.0. The summed E-state index contributed by atoms with van der Waals surface area (Å²) >= 11 is 0. The fraction of sp³-hybridized carbons (Fsp3) is 0.444. The Balaban J connectivity index is 1.36. The summed E-state index contributed by atoms with van der Waals surface area (Å²) in [7, 11) is 0. The Hall–Kier alpha value is -2.85. The van der Waals surface area contributed by atoms with Gasteiger partial charge in [0.05, 0.1) is 12.7 Å². The van der Waals surface area contributed by atoms with E-state index in [4.69, 9.17) is 4.74 Å². The van der Waals surface area contributed by atoms with E-state index >= 15 is 8.78 Å². The van der Waals surface area contributed by atoms with Crippen LogP contribution in [-0.2, 0) is 11.2 Å². The molecule has 1 saturated heterocycles. The van der Waals surface area contributed by atoms with Crippen LogP contribution >= 0.6 is 0 Å². The van der Waals surface area contributed by atoms with Gasteiger partial charge in [-0.05, 0) is 60.9 Å². The van der Waals surface area contributed by atoms with Gasteiger partial charge in [-0.2, -0.15) is 0 Å². The topological polar surface area (TPSA) is 9.23 Å². The molecule has 0 saturated carbocycles. The van der Waals surface area contributed by atoms with Gasteiger partial charge in [0, 0.05) is 17.0 Å². The second-order valence-corrected chi connectivity index (χ2v) is 11.1. The van der Waals surface area contributed by atoms with Crippen molar-refractivity contribution in [1.82, 2.24) is 0 Å². The van der Waals surface area contributed by atoms with E-state index in [1.807, 2.05) is 19.1 Å². The Morgan fingerprint density at radius 3 is 2.02 bits per heavy atom. The number of hydrogen-bond acceptors (Lipinski definition) is 1. The number of rotatable bonds is 13. The number of aryl methyl sites for hydroxylation is 1. The van der Waals surface area contributed by atoms with Gasteiger partial charge in [0.1, 0.15) is 5.82 Å². The average molecular weight is 549 g/mol. The minimum absolute atomic E-state index is 0.147. The molecule has 1 fully saturated rings. The van der Waals surface area contributed by atoms with Crippen LogP contribution in [-0.4, -0.2) is 12.7 Å². The van der Waals surface area contributed by atoms with Gasteiger partial charge in [0.2, 0.25) is 0 Å². The molecule has 0 N–H and O–H groups in total. The Kier molecular flexibility index (Phi) is 11.5. The molecule has 1 heterocycles. The van der Waals surface area contributed by atoms with E-state index in [1.165, 1.54) is 32.1 Å². The first-order valence-corrected chi connectivity index (χ1v) is 15.1. The first kappa shape index (κ1) is 30.1. The minimum atomic E-state index is -0.813. The zero-order chi connectivity index (χ0) is 28.3. The fourth-order valence-electron chi connectivity index (χ4n) is 5.70. The van der Waals surface area contributed by atoms with Crippen LogP contribution in [0.4, 0.5) is 13.2 Å². The maximum atomic E-state index is 15.1. The molecule has 40 heavy (non-hydrogen) atoms. The average Bonchev–Trinajstić information content (AvgIpc) is 2.97. The molecule has 0 amide bonds. The van der Waals surface area contributed by atoms with Gasteiger partial charge in [-0.3, -0.25) is 0 Å². The SMILES string of the molecule is CC=CC1CCC(c2ccc(-c3ccc(-c4ccc(CCCCCCCCCC)c(F)c4F)cc3)c(F)c2)CO1. The van der Waals surface area contributed by atoms with Crippen molar-refractivity contribution >= 4 is 0 Å². The van der Waals surface area contributed by atoms with Gasteiger partial charge in [-0.25, -0.2) is 13.2 Å². The lowest BCUT2D eigenvalue weighted by molar-refractivity contribution is 0.0326. The standard InChI is InChI=1S/C36H43F3O/c1-3-5-6-7-8-9-10-11-13-28-19-23-33(36(39)35(28)38)27-16-14-26(15-17-27)32-22-20-29(24-34(32)37)30-18-21-31(12-4-2)40-25-30/h4,12,14-17,19-20,22-24,30-31H,3,5-11,13,18,21,25H2,1-2H3. The number of hydrogen-bond donors (Lipinski definition) is 0. The molecule has 4 rings (SSSR count). The third-order valence-electron chi connectivity index (χ3n) is 8.15. The lowest BCUT2D eigenvalue weighted by Gasteiger charge is -2.28. The van der Waals surface area contributed by atoms with Crippen LogP contribution in [0.15, 0.2) is 66.7 Å². The lowest BCUT2D eigenvalue weighted by Crippen LogP contribution is -2.23. The molecular formula is C36H43F3O. The first-order chi connectivity index (χ1) is 19.5. The summed E-state index contributed by atoms with van der Waals surface area (Å²) in [5.41, 5.74) is 3.38. The Labute approximate surface area is 238 Å². The highest BCUT2D eigenvalue weighted by Crippen LogP contribution is 2.34. The third-order valence-corrected chi connectivity index (χ3v) is 8.15. The molecule has 1 aliphatic heterocycles. The molecule has 214 valence electrons. The summed E-state index contributed by atoms with van der Waals surface area (Å²) in [6, 6.07) is 15.7. The first-order valence-electron chi connectivity index (χ1n) is 15.1. The number of halogens is 3. The monoisotopic (exact) mass is 548 g/mol. The van der Waals surface area contributed by atoms with Crippen LogP contribution < -0.4 is 0 Å². The van der Waals surface area contributed by atoms with Crippen molar-refractivity contribution < 1.29 is 17.9 Å². The quantitative estimate of drug-likeness (QED) is 0.152. The zero-order valence-corrected chi connectivity index (χ0v) is 24.0. The van der Waals surface area contributed by atoms with Crippen molar-refractivity contribution in [3.8, 4) is 22.3 Å². The van der Waals surface area contributed by atoms with Crippen molar-refractivity contribution in [1.29, 1.82) is 0 Å². The van der Waals surface area contributed by atoms with Crippen molar-refractivity contribution in [3.05, 3.63) is 95.3 Å². The van der Waals surface area contributed by atoms with Gasteiger partial charge >= 0.3 is 0 Å². The molecule has 0 bridgehead atoms. The molecule has 1 aliphatic rings. The van der Waals surface area contributed by atoms with E-state index in [1.54, 1.807) is 48.5 Å². The van der Waals surface area contributed by atoms with Crippen molar-refractivity contribution in [3.63, 3.8) is 0 Å². The number of unbranched alkanes of at least 4 members (excludes halogenated alkanes) is 7. The van der Waals surface area contributed by atoms with E-state index in [-0.39, 0.29) is 23.4 Å². The number of benzene rings is 3. The molecule has 0 radical (unpaired) electrons. The fourth-order valence-corrected chi connectivity index (χ4v) is 5.70. The normalized spacial score (nSPS) is 17.5. The van der Waals surface area contributed by atoms with Crippen LogP contribution in [0.2, 0.25) is 0 Å². The van der Waals surface area contributed by atoms with Crippen LogP contribution in [0.3, 0.4) is 0 Å². The van der Waals surface area contributed by atoms with E-state index in [0.29, 0.717) is 35.3 Å². The number of allylic oxidation sites excluding steroid dienone is 1. The molecule has 2 unspecified atom stereocenters. The maximum Gasteiger partial charge on any atom is 0.166 e. The second-order valence-electron chi connectivity index (χ2n) is 11.1. The third kappa shape index (κ3) is 7.87.